The number of anilines is 1. The highest BCUT2D eigenvalue weighted by atomic mass is 16.3. The second-order valence-corrected chi connectivity index (χ2v) is 7.78. The fourth-order valence-electron chi connectivity index (χ4n) is 3.42. The van der Waals surface area contributed by atoms with E-state index in [4.69, 9.17) is 0 Å². The zero-order chi connectivity index (χ0) is 19.6. The Kier molecular flexibility index (Phi) is 14.7. The van der Waals surface area contributed by atoms with Gasteiger partial charge in [0.05, 0.1) is 6.10 Å². The molecule has 1 aromatic rings. The molecule has 1 unspecified atom stereocenters. The fraction of sp³-hybridized carbons (Fsp3) is 0.708. The molecule has 1 rings (SSSR count). The van der Waals surface area contributed by atoms with Gasteiger partial charge in [-0.1, -0.05) is 95.8 Å². The van der Waals surface area contributed by atoms with E-state index in [-0.39, 0.29) is 12.0 Å². The van der Waals surface area contributed by atoms with Crippen molar-refractivity contribution in [3.63, 3.8) is 0 Å². The van der Waals surface area contributed by atoms with Crippen molar-refractivity contribution >= 4 is 11.6 Å². The van der Waals surface area contributed by atoms with E-state index in [9.17, 15) is 9.90 Å². The molecule has 0 bridgehead atoms. The number of para-hydroxylation sites is 1. The summed E-state index contributed by atoms with van der Waals surface area (Å²) in [5.41, 5.74) is 0.873. The van der Waals surface area contributed by atoms with Crippen LogP contribution in [0.3, 0.4) is 0 Å². The average molecular weight is 376 g/mol. The van der Waals surface area contributed by atoms with Crippen LogP contribution in [0.25, 0.3) is 0 Å². The van der Waals surface area contributed by atoms with Crippen molar-refractivity contribution < 1.29 is 9.90 Å². The summed E-state index contributed by atoms with van der Waals surface area (Å²) >= 11 is 0. The second kappa shape index (κ2) is 16.8. The van der Waals surface area contributed by atoms with Gasteiger partial charge in [-0.15, -0.1) is 0 Å². The first-order valence-corrected chi connectivity index (χ1v) is 11.3. The van der Waals surface area contributed by atoms with Gasteiger partial charge < -0.3 is 10.4 Å². The van der Waals surface area contributed by atoms with E-state index in [1.54, 1.807) is 0 Å². The third-order valence-electron chi connectivity index (χ3n) is 5.14. The molecule has 0 aliphatic carbocycles. The molecular weight excluding hydrogens is 334 g/mol. The number of rotatable bonds is 17. The molecule has 0 aliphatic heterocycles. The summed E-state index contributed by atoms with van der Waals surface area (Å²) in [5.74, 6) is 0.103. The number of aliphatic hydroxyl groups is 1. The molecule has 0 heterocycles. The predicted molar refractivity (Wildman–Crippen MR) is 116 cm³/mol. The molecule has 1 amide bonds. The molecule has 3 nitrogen and oxygen atoms in total. The topological polar surface area (TPSA) is 49.3 Å². The number of benzene rings is 1. The number of amides is 1. The van der Waals surface area contributed by atoms with E-state index >= 15 is 0 Å². The van der Waals surface area contributed by atoms with Crippen LogP contribution < -0.4 is 5.32 Å². The largest absolute Gasteiger partial charge is 0.393 e. The Labute approximate surface area is 167 Å². The Morgan fingerprint density at radius 1 is 0.815 bits per heavy atom. The normalized spacial score (nSPS) is 12.1. The van der Waals surface area contributed by atoms with Crippen molar-refractivity contribution in [2.45, 2.75) is 109 Å². The van der Waals surface area contributed by atoms with Gasteiger partial charge in [-0.05, 0) is 31.4 Å². The second-order valence-electron chi connectivity index (χ2n) is 7.78. The average Bonchev–Trinajstić information content (AvgIpc) is 2.67. The summed E-state index contributed by atoms with van der Waals surface area (Å²) in [7, 11) is 0. The molecule has 0 aromatic heterocycles. The van der Waals surface area contributed by atoms with Crippen LogP contribution in [0.4, 0.5) is 5.69 Å². The highest BCUT2D eigenvalue weighted by Gasteiger charge is 2.05. The minimum absolute atomic E-state index is 0.103. The number of aliphatic hydroxyl groups excluding tert-OH is 1. The Morgan fingerprint density at radius 2 is 1.33 bits per heavy atom. The molecule has 1 aromatic carbocycles. The van der Waals surface area contributed by atoms with Crippen LogP contribution in [0.15, 0.2) is 30.3 Å². The van der Waals surface area contributed by atoms with Crippen LogP contribution in [-0.4, -0.2) is 17.1 Å². The lowest BCUT2D eigenvalue weighted by atomic mass is 10.0. The summed E-state index contributed by atoms with van der Waals surface area (Å²) in [4.78, 5) is 11.8. The van der Waals surface area contributed by atoms with Crippen molar-refractivity contribution in [3.8, 4) is 0 Å². The van der Waals surface area contributed by atoms with Crippen LogP contribution >= 0.6 is 0 Å². The van der Waals surface area contributed by atoms with Gasteiger partial charge in [-0.2, -0.15) is 0 Å². The molecule has 0 radical (unpaired) electrons. The van der Waals surface area contributed by atoms with Gasteiger partial charge >= 0.3 is 0 Å². The van der Waals surface area contributed by atoms with Gasteiger partial charge in [0.15, 0.2) is 0 Å². The Morgan fingerprint density at radius 3 is 1.93 bits per heavy atom. The Bertz CT molecular complexity index is 461. The lowest BCUT2D eigenvalue weighted by Gasteiger charge is -2.10. The molecule has 27 heavy (non-hydrogen) atoms. The van der Waals surface area contributed by atoms with Crippen molar-refractivity contribution in [3.05, 3.63) is 30.3 Å². The zero-order valence-electron chi connectivity index (χ0n) is 17.4. The minimum atomic E-state index is -0.114. The van der Waals surface area contributed by atoms with Crippen molar-refractivity contribution in [1.82, 2.24) is 0 Å². The number of hydrogen-bond acceptors (Lipinski definition) is 2. The van der Waals surface area contributed by atoms with E-state index in [2.05, 4.69) is 12.2 Å². The van der Waals surface area contributed by atoms with Crippen LogP contribution in [0, 0.1) is 0 Å². The third kappa shape index (κ3) is 14.4. The summed E-state index contributed by atoms with van der Waals surface area (Å²) in [5, 5.41) is 13.0. The van der Waals surface area contributed by atoms with Gasteiger partial charge in [-0.3, -0.25) is 4.79 Å². The van der Waals surface area contributed by atoms with Gasteiger partial charge in [0.2, 0.25) is 5.91 Å². The lowest BCUT2D eigenvalue weighted by Crippen LogP contribution is -2.10. The summed E-state index contributed by atoms with van der Waals surface area (Å²) in [6, 6.07) is 9.63. The Balaban J connectivity index is 1.85. The van der Waals surface area contributed by atoms with Crippen molar-refractivity contribution in [2.75, 3.05) is 5.32 Å². The standard InChI is InChI=1S/C24H41NO2/c1-2-3-4-5-6-8-14-19-23(26)20-15-9-7-10-16-21-24(27)25-22-17-12-11-13-18-22/h11-13,17-18,23,26H,2-10,14-16,19-21H2,1H3,(H,25,27). The summed E-state index contributed by atoms with van der Waals surface area (Å²) < 4.78 is 0. The first-order chi connectivity index (χ1) is 13.2. The molecule has 3 heteroatoms. The van der Waals surface area contributed by atoms with Crippen molar-refractivity contribution in [1.29, 1.82) is 0 Å². The molecule has 154 valence electrons. The number of carbonyl (C=O) groups is 1. The number of nitrogens with one attached hydrogen (secondary N) is 1. The van der Waals surface area contributed by atoms with E-state index in [0.29, 0.717) is 6.42 Å². The molecule has 0 fully saturated rings. The minimum Gasteiger partial charge on any atom is -0.393 e. The Hall–Kier alpha value is -1.35. The van der Waals surface area contributed by atoms with Gasteiger partial charge in [0.1, 0.15) is 0 Å². The molecule has 0 saturated heterocycles. The van der Waals surface area contributed by atoms with Crippen LogP contribution in [0.1, 0.15) is 103 Å². The molecule has 0 aliphatic rings. The molecule has 2 N–H and O–H groups in total. The van der Waals surface area contributed by atoms with E-state index in [1.165, 1.54) is 44.9 Å². The monoisotopic (exact) mass is 375 g/mol. The van der Waals surface area contributed by atoms with Crippen molar-refractivity contribution in [2.24, 2.45) is 0 Å². The number of unbranched alkanes of at least 4 members (excludes halogenated alkanes) is 10. The van der Waals surface area contributed by atoms with Gasteiger partial charge in [-0.25, -0.2) is 0 Å². The highest BCUT2D eigenvalue weighted by molar-refractivity contribution is 5.90. The van der Waals surface area contributed by atoms with E-state index in [0.717, 1.165) is 50.6 Å². The van der Waals surface area contributed by atoms with Gasteiger partial charge in [0, 0.05) is 12.1 Å². The van der Waals surface area contributed by atoms with E-state index in [1.807, 2.05) is 30.3 Å². The predicted octanol–water partition coefficient (Wildman–Crippen LogP) is 6.86. The summed E-state index contributed by atoms with van der Waals surface area (Å²) in [6.07, 6.45) is 17.0. The third-order valence-corrected chi connectivity index (χ3v) is 5.14. The zero-order valence-corrected chi connectivity index (χ0v) is 17.4. The molecule has 1 atom stereocenters. The lowest BCUT2D eigenvalue weighted by molar-refractivity contribution is -0.116. The molecular formula is C24H41NO2. The number of hydrogen-bond donors (Lipinski definition) is 2. The number of carbonyl (C=O) groups excluding carboxylic acids is 1. The van der Waals surface area contributed by atoms with Crippen LogP contribution in [0.5, 0.6) is 0 Å². The first-order valence-electron chi connectivity index (χ1n) is 11.3. The van der Waals surface area contributed by atoms with Crippen LogP contribution in [0.2, 0.25) is 0 Å². The quantitative estimate of drug-likeness (QED) is 0.292. The summed E-state index contributed by atoms with van der Waals surface area (Å²) in [6.45, 7) is 2.25. The SMILES string of the molecule is CCCCCCCCCC(O)CCCCCCCC(=O)Nc1ccccc1. The molecule has 0 spiro atoms. The maximum atomic E-state index is 11.8. The van der Waals surface area contributed by atoms with Crippen LogP contribution in [-0.2, 0) is 4.79 Å². The van der Waals surface area contributed by atoms with Gasteiger partial charge in [0.25, 0.3) is 0 Å². The first kappa shape index (κ1) is 23.7. The highest BCUT2D eigenvalue weighted by Crippen LogP contribution is 2.14. The maximum Gasteiger partial charge on any atom is 0.224 e. The smallest absolute Gasteiger partial charge is 0.224 e. The molecule has 0 saturated carbocycles. The fourth-order valence-corrected chi connectivity index (χ4v) is 3.42. The maximum absolute atomic E-state index is 11.8. The van der Waals surface area contributed by atoms with E-state index < -0.39 is 0 Å².